The Kier molecular flexibility index (Phi) is 72.2. The predicted molar refractivity (Wildman–Crippen MR) is 414 cm³/mol. The second kappa shape index (κ2) is 73.6. The van der Waals surface area contributed by atoms with Crippen molar-refractivity contribution in [2.75, 3.05) is 39.6 Å². The van der Waals surface area contributed by atoms with E-state index < -0.39 is 97.5 Å². The van der Waals surface area contributed by atoms with E-state index in [1.165, 1.54) is 250 Å². The van der Waals surface area contributed by atoms with Crippen molar-refractivity contribution in [2.24, 2.45) is 11.8 Å². The first-order valence-corrected chi connectivity index (χ1v) is 45.5. The van der Waals surface area contributed by atoms with E-state index in [0.29, 0.717) is 25.7 Å². The third-order valence-corrected chi connectivity index (χ3v) is 21.5. The number of hydrogen-bond acceptors (Lipinski definition) is 15. The first kappa shape index (κ1) is 99.1. The Labute approximate surface area is 619 Å². The number of hydrogen-bond donors (Lipinski definition) is 3. The van der Waals surface area contributed by atoms with Crippen molar-refractivity contribution in [3.05, 3.63) is 0 Å². The van der Waals surface area contributed by atoms with Crippen molar-refractivity contribution in [1.82, 2.24) is 0 Å². The van der Waals surface area contributed by atoms with Crippen LogP contribution in [0.25, 0.3) is 0 Å². The Hall–Kier alpha value is -1.94. The van der Waals surface area contributed by atoms with E-state index in [0.717, 1.165) is 102 Å². The molecule has 0 heterocycles. The summed E-state index contributed by atoms with van der Waals surface area (Å²) < 4.78 is 68.8. The molecule has 6 atom stereocenters. The first-order valence-electron chi connectivity index (χ1n) is 42.5. The Bertz CT molecular complexity index is 1940. The molecule has 0 fully saturated rings. The van der Waals surface area contributed by atoms with Crippen LogP contribution in [0.2, 0.25) is 0 Å². The second-order valence-electron chi connectivity index (χ2n) is 30.2. The van der Waals surface area contributed by atoms with E-state index in [9.17, 15) is 43.2 Å². The van der Waals surface area contributed by atoms with Crippen LogP contribution in [0, 0.1) is 11.8 Å². The van der Waals surface area contributed by atoms with E-state index >= 15 is 0 Å². The molecule has 19 heteroatoms. The predicted octanol–water partition coefficient (Wildman–Crippen LogP) is 24.7. The van der Waals surface area contributed by atoms with Crippen molar-refractivity contribution in [3.63, 3.8) is 0 Å². The minimum atomic E-state index is -4.96. The SMILES string of the molecule is CCCCCCCCCCCCCCCCCCCCCCC(=O)O[C@H](COC(=O)CCCCCCCCCCCCC(C)CC)COP(=O)(O)OC[C@@H](O)COP(=O)(O)OC[C@@H](COC(=O)CCCCCCCCCCCCC(C)C)OC(=O)CCCCCCCCCCCCCCCC. The number of aliphatic hydroxyl groups is 1. The van der Waals surface area contributed by atoms with E-state index in [1.54, 1.807) is 0 Å². The molecule has 0 aromatic rings. The van der Waals surface area contributed by atoms with Crippen LogP contribution in [-0.4, -0.2) is 96.7 Å². The van der Waals surface area contributed by atoms with Gasteiger partial charge in [-0.1, -0.05) is 382 Å². The zero-order valence-corrected chi connectivity index (χ0v) is 68.0. The highest BCUT2D eigenvalue weighted by Crippen LogP contribution is 2.45. The van der Waals surface area contributed by atoms with Gasteiger partial charge in [-0.25, -0.2) is 9.13 Å². The van der Waals surface area contributed by atoms with Crippen molar-refractivity contribution >= 4 is 39.5 Å². The van der Waals surface area contributed by atoms with Crippen LogP contribution < -0.4 is 0 Å². The lowest BCUT2D eigenvalue weighted by Crippen LogP contribution is -2.30. The Balaban J connectivity index is 5.25. The third-order valence-electron chi connectivity index (χ3n) is 19.6. The number of phosphoric acid groups is 2. The fourth-order valence-corrected chi connectivity index (χ4v) is 14.3. The number of aliphatic hydroxyl groups excluding tert-OH is 1. The maximum absolute atomic E-state index is 13.1. The molecule has 0 amide bonds. The lowest BCUT2D eigenvalue weighted by atomic mass is 9.99. The van der Waals surface area contributed by atoms with E-state index in [-0.39, 0.29) is 25.7 Å². The summed E-state index contributed by atoms with van der Waals surface area (Å²) in [5.41, 5.74) is 0. The van der Waals surface area contributed by atoms with Gasteiger partial charge in [-0.2, -0.15) is 0 Å². The molecule has 0 saturated carbocycles. The highest BCUT2D eigenvalue weighted by atomic mass is 31.2. The van der Waals surface area contributed by atoms with Crippen LogP contribution in [0.3, 0.4) is 0 Å². The van der Waals surface area contributed by atoms with E-state index in [4.69, 9.17) is 37.0 Å². The number of carbonyl (C=O) groups excluding carboxylic acids is 4. The van der Waals surface area contributed by atoms with Gasteiger partial charge in [0.1, 0.15) is 19.3 Å². The Morgan fingerprint density at radius 2 is 0.505 bits per heavy atom. The summed E-state index contributed by atoms with van der Waals surface area (Å²) in [7, 11) is -9.92. The molecular weight excluding hydrogens is 1320 g/mol. The number of esters is 4. The number of unbranched alkanes of at least 4 members (excludes halogenated alkanes) is 50. The molecule has 0 aliphatic carbocycles. The second-order valence-corrected chi connectivity index (χ2v) is 33.1. The van der Waals surface area contributed by atoms with Crippen LogP contribution in [0.4, 0.5) is 0 Å². The average Bonchev–Trinajstić information content (AvgIpc) is 0.959. The lowest BCUT2D eigenvalue weighted by molar-refractivity contribution is -0.161. The van der Waals surface area contributed by atoms with Crippen molar-refractivity contribution in [3.8, 4) is 0 Å². The maximum Gasteiger partial charge on any atom is 0.472 e. The van der Waals surface area contributed by atoms with Gasteiger partial charge in [0.05, 0.1) is 26.4 Å². The number of ether oxygens (including phenoxy) is 4. The molecule has 600 valence electrons. The summed E-state index contributed by atoms with van der Waals surface area (Å²) in [6, 6.07) is 0. The van der Waals surface area contributed by atoms with Crippen LogP contribution >= 0.6 is 15.6 Å². The monoisotopic (exact) mass is 1480 g/mol. The molecule has 17 nitrogen and oxygen atoms in total. The quantitative estimate of drug-likeness (QED) is 0.0222. The largest absolute Gasteiger partial charge is 0.472 e. The summed E-state index contributed by atoms with van der Waals surface area (Å²) in [5.74, 6) is -0.538. The van der Waals surface area contributed by atoms with Crippen molar-refractivity contribution in [1.29, 1.82) is 0 Å². The van der Waals surface area contributed by atoms with Gasteiger partial charge < -0.3 is 33.8 Å². The molecule has 0 aliphatic heterocycles. The minimum Gasteiger partial charge on any atom is -0.462 e. The normalized spacial score (nSPS) is 14.2. The van der Waals surface area contributed by atoms with Gasteiger partial charge in [-0.05, 0) is 37.5 Å². The molecule has 0 radical (unpaired) electrons. The van der Waals surface area contributed by atoms with Gasteiger partial charge in [0.25, 0.3) is 0 Å². The summed E-state index contributed by atoms with van der Waals surface area (Å²) in [6.07, 6.45) is 63.7. The molecule has 0 aliphatic rings. The van der Waals surface area contributed by atoms with Crippen molar-refractivity contribution < 1.29 is 80.2 Å². The topological polar surface area (TPSA) is 237 Å². The van der Waals surface area contributed by atoms with Crippen LogP contribution in [0.15, 0.2) is 0 Å². The molecule has 0 spiro atoms. The molecule has 0 saturated heterocycles. The van der Waals surface area contributed by atoms with Crippen LogP contribution in [0.5, 0.6) is 0 Å². The molecule has 0 aromatic heterocycles. The number of carbonyl (C=O) groups is 4. The molecule has 0 rings (SSSR count). The highest BCUT2D eigenvalue weighted by molar-refractivity contribution is 7.47. The smallest absolute Gasteiger partial charge is 0.462 e. The van der Waals surface area contributed by atoms with Gasteiger partial charge in [-0.3, -0.25) is 37.3 Å². The highest BCUT2D eigenvalue weighted by Gasteiger charge is 2.30. The minimum absolute atomic E-state index is 0.108. The average molecular weight is 1480 g/mol. The third kappa shape index (κ3) is 74.7. The van der Waals surface area contributed by atoms with E-state index in [2.05, 4.69) is 41.5 Å². The Morgan fingerprint density at radius 1 is 0.287 bits per heavy atom. The molecule has 3 N–H and O–H groups in total. The molecule has 0 aromatic carbocycles. The molecular formula is C82H160O17P2. The van der Waals surface area contributed by atoms with Gasteiger partial charge in [-0.15, -0.1) is 0 Å². The zero-order chi connectivity index (χ0) is 74.2. The molecule has 3 unspecified atom stereocenters. The van der Waals surface area contributed by atoms with Gasteiger partial charge in [0.2, 0.25) is 0 Å². The fourth-order valence-electron chi connectivity index (χ4n) is 12.7. The maximum atomic E-state index is 13.1. The summed E-state index contributed by atoms with van der Waals surface area (Å²) in [4.78, 5) is 73.1. The summed E-state index contributed by atoms with van der Waals surface area (Å²) >= 11 is 0. The standard InChI is InChI=1S/C82H160O17P2/c1-7-10-12-14-16-18-20-22-24-25-26-27-28-29-31-33-43-49-55-61-67-82(87)99-78(71-93-80(85)65-59-53-47-41-37-35-39-45-51-57-63-75(6)9-3)73-97-101(90,91)95-69-76(83)68-94-100(88,89)96-72-77(70-92-79(84)64-58-52-46-40-36-34-38-44-50-56-62-74(4)5)98-81(86)66-60-54-48-42-32-30-23-21-19-17-15-13-11-8-2/h74-78,83H,7-73H2,1-6H3,(H,88,89)(H,90,91)/t75?,76-,77+,78+/m0/s1. The van der Waals surface area contributed by atoms with Crippen LogP contribution in [-0.2, 0) is 65.4 Å². The molecule has 101 heavy (non-hydrogen) atoms. The first-order chi connectivity index (χ1) is 48.9. The zero-order valence-electron chi connectivity index (χ0n) is 66.2. The Morgan fingerprint density at radius 3 is 0.752 bits per heavy atom. The summed E-state index contributed by atoms with van der Waals surface area (Å²) in [5, 5.41) is 10.7. The number of rotatable bonds is 81. The van der Waals surface area contributed by atoms with Crippen molar-refractivity contribution in [2.45, 2.75) is 452 Å². The fraction of sp³-hybridized carbons (Fsp3) is 0.951. The van der Waals surface area contributed by atoms with Gasteiger partial charge >= 0.3 is 39.5 Å². The summed E-state index contributed by atoms with van der Waals surface area (Å²) in [6.45, 7) is 9.67. The van der Waals surface area contributed by atoms with Gasteiger partial charge in [0, 0.05) is 25.7 Å². The number of phosphoric ester groups is 2. The lowest BCUT2D eigenvalue weighted by Gasteiger charge is -2.21. The molecule has 0 bridgehead atoms. The van der Waals surface area contributed by atoms with E-state index in [1.807, 2.05) is 0 Å². The van der Waals surface area contributed by atoms with Crippen LogP contribution in [0.1, 0.15) is 433 Å². The van der Waals surface area contributed by atoms with Gasteiger partial charge in [0.15, 0.2) is 12.2 Å².